The number of nitrogens with one attached hydrogen (secondary N) is 1. The van der Waals surface area contributed by atoms with Gasteiger partial charge < -0.3 is 5.32 Å². The molecule has 0 aromatic carbocycles. The predicted octanol–water partition coefficient (Wildman–Crippen LogP) is 1.53. The second-order valence-electron chi connectivity index (χ2n) is 3.84. The molecule has 0 aliphatic rings. The first-order valence-corrected chi connectivity index (χ1v) is 6.03. The Balaban J connectivity index is 2.64. The maximum atomic E-state index is 11.6. The maximum absolute atomic E-state index is 11.6. The quantitative estimate of drug-likeness (QED) is 0.795. The van der Waals surface area contributed by atoms with Crippen molar-refractivity contribution in [2.75, 3.05) is 6.54 Å². The molecular formula is C12H21N3O. The first-order chi connectivity index (χ1) is 7.71. The van der Waals surface area contributed by atoms with Crippen LogP contribution in [0.15, 0.2) is 6.07 Å². The molecule has 0 radical (unpaired) electrons. The van der Waals surface area contributed by atoms with Crippen LogP contribution in [-0.4, -0.2) is 22.2 Å². The Kier molecular flexibility index (Phi) is 5.02. The Bertz CT molecular complexity index is 344. The Labute approximate surface area is 97.0 Å². The fraction of sp³-hybridized carbons (Fsp3) is 0.667. The molecule has 0 aliphatic carbocycles. The molecule has 0 saturated heterocycles. The summed E-state index contributed by atoms with van der Waals surface area (Å²) < 4.78 is 1.81. The van der Waals surface area contributed by atoms with Crippen LogP contribution >= 0.6 is 0 Å². The molecule has 0 aliphatic heterocycles. The van der Waals surface area contributed by atoms with E-state index in [1.165, 1.54) is 0 Å². The third-order valence-corrected chi connectivity index (χ3v) is 2.50. The SMILES string of the molecule is CCCNC(=O)Cn1nc(CC)cc1CC. The summed E-state index contributed by atoms with van der Waals surface area (Å²) in [6.07, 6.45) is 2.79. The molecule has 1 aromatic heterocycles. The first kappa shape index (κ1) is 12.7. The number of carbonyl (C=O) groups is 1. The number of aryl methyl sites for hydroxylation is 2. The van der Waals surface area contributed by atoms with Crippen LogP contribution in [0.25, 0.3) is 0 Å². The fourth-order valence-electron chi connectivity index (χ4n) is 1.57. The van der Waals surface area contributed by atoms with Crippen molar-refractivity contribution in [1.82, 2.24) is 15.1 Å². The summed E-state index contributed by atoms with van der Waals surface area (Å²) >= 11 is 0. The summed E-state index contributed by atoms with van der Waals surface area (Å²) in [4.78, 5) is 11.6. The van der Waals surface area contributed by atoms with Crippen molar-refractivity contribution in [3.63, 3.8) is 0 Å². The number of hydrogen-bond donors (Lipinski definition) is 1. The summed E-state index contributed by atoms with van der Waals surface area (Å²) in [6.45, 7) is 7.27. The molecule has 0 fully saturated rings. The van der Waals surface area contributed by atoms with E-state index in [4.69, 9.17) is 0 Å². The molecule has 4 heteroatoms. The largest absolute Gasteiger partial charge is 0.355 e. The highest BCUT2D eigenvalue weighted by Crippen LogP contribution is 2.06. The molecule has 1 N–H and O–H groups in total. The van der Waals surface area contributed by atoms with Gasteiger partial charge in [-0.1, -0.05) is 20.8 Å². The molecule has 0 bridgehead atoms. The monoisotopic (exact) mass is 223 g/mol. The van der Waals surface area contributed by atoms with Crippen molar-refractivity contribution >= 4 is 5.91 Å². The number of amides is 1. The molecule has 0 atom stereocenters. The molecule has 0 spiro atoms. The second-order valence-corrected chi connectivity index (χ2v) is 3.84. The van der Waals surface area contributed by atoms with Crippen molar-refractivity contribution in [2.45, 2.75) is 46.6 Å². The third kappa shape index (κ3) is 3.36. The number of nitrogens with zero attached hydrogens (tertiary/aromatic N) is 2. The average Bonchev–Trinajstić information content (AvgIpc) is 2.68. The minimum Gasteiger partial charge on any atom is -0.355 e. The molecule has 1 heterocycles. The van der Waals surface area contributed by atoms with E-state index in [9.17, 15) is 4.79 Å². The Hall–Kier alpha value is -1.32. The van der Waals surface area contributed by atoms with Crippen molar-refractivity contribution in [1.29, 1.82) is 0 Å². The average molecular weight is 223 g/mol. The molecule has 0 unspecified atom stereocenters. The predicted molar refractivity (Wildman–Crippen MR) is 64.3 cm³/mol. The van der Waals surface area contributed by atoms with E-state index in [1.807, 2.05) is 11.6 Å². The van der Waals surface area contributed by atoms with Crippen molar-refractivity contribution in [2.24, 2.45) is 0 Å². The van der Waals surface area contributed by atoms with Gasteiger partial charge in [0.15, 0.2) is 0 Å². The summed E-state index contributed by atoms with van der Waals surface area (Å²) in [5, 5.41) is 7.26. The minimum atomic E-state index is 0.0438. The highest BCUT2D eigenvalue weighted by molar-refractivity contribution is 5.75. The lowest BCUT2D eigenvalue weighted by atomic mass is 10.2. The van der Waals surface area contributed by atoms with Crippen LogP contribution in [-0.2, 0) is 24.2 Å². The van der Waals surface area contributed by atoms with Crippen LogP contribution in [0, 0.1) is 0 Å². The van der Waals surface area contributed by atoms with E-state index in [1.54, 1.807) is 0 Å². The maximum Gasteiger partial charge on any atom is 0.241 e. The molecule has 90 valence electrons. The van der Waals surface area contributed by atoms with Crippen LogP contribution in [0.1, 0.15) is 38.6 Å². The van der Waals surface area contributed by atoms with Gasteiger partial charge in [0.2, 0.25) is 5.91 Å². The zero-order chi connectivity index (χ0) is 12.0. The fourth-order valence-corrected chi connectivity index (χ4v) is 1.57. The van der Waals surface area contributed by atoms with Crippen molar-refractivity contribution in [3.8, 4) is 0 Å². The molecular weight excluding hydrogens is 202 g/mol. The first-order valence-electron chi connectivity index (χ1n) is 6.03. The Morgan fingerprint density at radius 3 is 2.69 bits per heavy atom. The highest BCUT2D eigenvalue weighted by atomic mass is 16.2. The van der Waals surface area contributed by atoms with E-state index < -0.39 is 0 Å². The standard InChI is InChI=1S/C12H21N3O/c1-4-7-13-12(16)9-15-11(6-3)8-10(5-2)14-15/h8H,4-7,9H2,1-3H3,(H,13,16). The van der Waals surface area contributed by atoms with E-state index in [2.05, 4.69) is 30.3 Å². The van der Waals surface area contributed by atoms with Gasteiger partial charge in [-0.25, -0.2) is 0 Å². The Morgan fingerprint density at radius 1 is 1.38 bits per heavy atom. The summed E-state index contributed by atoms with van der Waals surface area (Å²) in [6, 6.07) is 2.08. The van der Waals surface area contributed by atoms with E-state index in [0.29, 0.717) is 6.54 Å². The molecule has 1 aromatic rings. The van der Waals surface area contributed by atoms with E-state index >= 15 is 0 Å². The summed E-state index contributed by atoms with van der Waals surface area (Å²) in [7, 11) is 0. The van der Waals surface area contributed by atoms with Crippen molar-refractivity contribution < 1.29 is 4.79 Å². The third-order valence-electron chi connectivity index (χ3n) is 2.50. The summed E-state index contributed by atoms with van der Waals surface area (Å²) in [5.41, 5.74) is 2.18. The smallest absolute Gasteiger partial charge is 0.241 e. The van der Waals surface area contributed by atoms with Gasteiger partial charge in [-0.15, -0.1) is 0 Å². The van der Waals surface area contributed by atoms with Gasteiger partial charge >= 0.3 is 0 Å². The van der Waals surface area contributed by atoms with Crippen LogP contribution in [0.3, 0.4) is 0 Å². The van der Waals surface area contributed by atoms with Gasteiger partial charge in [0.05, 0.1) is 5.69 Å². The van der Waals surface area contributed by atoms with Crippen molar-refractivity contribution in [3.05, 3.63) is 17.5 Å². The molecule has 4 nitrogen and oxygen atoms in total. The zero-order valence-electron chi connectivity index (χ0n) is 10.4. The topological polar surface area (TPSA) is 46.9 Å². The Morgan fingerprint density at radius 2 is 2.12 bits per heavy atom. The number of aromatic nitrogens is 2. The van der Waals surface area contributed by atoms with Gasteiger partial charge in [-0.05, 0) is 25.3 Å². The van der Waals surface area contributed by atoms with E-state index in [0.717, 1.165) is 37.2 Å². The van der Waals surface area contributed by atoms with Gasteiger partial charge in [0.1, 0.15) is 6.54 Å². The second kappa shape index (κ2) is 6.30. The number of rotatable bonds is 6. The molecule has 1 amide bonds. The van der Waals surface area contributed by atoms with Crippen LogP contribution in [0.5, 0.6) is 0 Å². The highest BCUT2D eigenvalue weighted by Gasteiger charge is 2.08. The minimum absolute atomic E-state index is 0.0438. The van der Waals surface area contributed by atoms with Crippen LogP contribution in [0.2, 0.25) is 0 Å². The lowest BCUT2D eigenvalue weighted by Gasteiger charge is -2.06. The molecule has 0 saturated carbocycles. The molecule has 1 rings (SSSR count). The lowest BCUT2D eigenvalue weighted by molar-refractivity contribution is -0.121. The lowest BCUT2D eigenvalue weighted by Crippen LogP contribution is -2.29. The van der Waals surface area contributed by atoms with Gasteiger partial charge in [-0.2, -0.15) is 5.10 Å². The van der Waals surface area contributed by atoms with E-state index in [-0.39, 0.29) is 5.91 Å². The summed E-state index contributed by atoms with van der Waals surface area (Å²) in [5.74, 6) is 0.0438. The zero-order valence-corrected chi connectivity index (χ0v) is 10.4. The molecule has 16 heavy (non-hydrogen) atoms. The van der Waals surface area contributed by atoms with Gasteiger partial charge in [0.25, 0.3) is 0 Å². The number of hydrogen-bond acceptors (Lipinski definition) is 2. The normalized spacial score (nSPS) is 10.4. The van der Waals surface area contributed by atoms with Gasteiger partial charge in [0, 0.05) is 12.2 Å². The van der Waals surface area contributed by atoms with Gasteiger partial charge in [-0.3, -0.25) is 9.48 Å². The number of carbonyl (C=O) groups excluding carboxylic acids is 1. The van der Waals surface area contributed by atoms with Crippen LogP contribution < -0.4 is 5.32 Å². The van der Waals surface area contributed by atoms with Crippen LogP contribution in [0.4, 0.5) is 0 Å².